The maximum absolute atomic E-state index is 5.82. The average Bonchev–Trinajstić information content (AvgIpc) is 2.58. The van der Waals surface area contributed by atoms with Gasteiger partial charge in [-0.3, -0.25) is 0 Å². The van der Waals surface area contributed by atoms with Crippen molar-refractivity contribution in [1.82, 2.24) is 5.32 Å². The quantitative estimate of drug-likeness (QED) is 0.750. The van der Waals surface area contributed by atoms with Gasteiger partial charge >= 0.3 is 0 Å². The van der Waals surface area contributed by atoms with Crippen LogP contribution in [0.2, 0.25) is 0 Å². The molecule has 3 unspecified atom stereocenters. The van der Waals surface area contributed by atoms with E-state index in [1.54, 1.807) is 0 Å². The minimum Gasteiger partial charge on any atom is -0.464 e. The fourth-order valence-corrected chi connectivity index (χ4v) is 2.01. The zero-order valence-corrected chi connectivity index (χ0v) is 7.92. The zero-order valence-electron chi connectivity index (χ0n) is 7.92. The first kappa shape index (κ1) is 7.63. The summed E-state index contributed by atoms with van der Waals surface area (Å²) in [6.07, 6.45) is 2.54. The molecule has 1 aromatic rings. The van der Waals surface area contributed by atoms with Gasteiger partial charge < -0.3 is 9.73 Å². The van der Waals surface area contributed by atoms with Crippen LogP contribution in [0.15, 0.2) is 16.5 Å². The Morgan fingerprint density at radius 1 is 1.38 bits per heavy atom. The second kappa shape index (κ2) is 2.61. The molecule has 1 saturated heterocycles. The Balaban J connectivity index is 1.77. The van der Waals surface area contributed by atoms with E-state index in [1.165, 1.54) is 18.6 Å². The van der Waals surface area contributed by atoms with Gasteiger partial charge in [0.15, 0.2) is 0 Å². The minimum atomic E-state index is 0.503. The van der Waals surface area contributed by atoms with Crippen molar-refractivity contribution in [1.29, 1.82) is 0 Å². The van der Waals surface area contributed by atoms with Gasteiger partial charge in [0.2, 0.25) is 0 Å². The molecule has 0 aromatic carbocycles. The molecule has 1 saturated carbocycles. The van der Waals surface area contributed by atoms with Crippen LogP contribution in [0.4, 0.5) is 0 Å². The third kappa shape index (κ3) is 1.20. The van der Waals surface area contributed by atoms with Crippen LogP contribution in [0.3, 0.4) is 0 Å². The Morgan fingerprint density at radius 3 is 2.62 bits per heavy atom. The van der Waals surface area contributed by atoms with E-state index in [0.717, 1.165) is 18.2 Å². The normalized spacial score (nSPS) is 37.2. The lowest BCUT2D eigenvalue weighted by molar-refractivity contribution is 0.310. The number of hydrogen-bond donors (Lipinski definition) is 1. The first-order valence-electron chi connectivity index (χ1n) is 5.17. The molecular formula is C11H15NO. The summed E-state index contributed by atoms with van der Waals surface area (Å²) in [5.74, 6) is 3.90. The molecule has 3 rings (SSSR count). The van der Waals surface area contributed by atoms with Gasteiger partial charge in [-0.1, -0.05) is 6.92 Å². The van der Waals surface area contributed by atoms with Crippen LogP contribution in [0.25, 0.3) is 0 Å². The molecule has 3 atom stereocenters. The van der Waals surface area contributed by atoms with Crippen LogP contribution in [0, 0.1) is 5.92 Å². The number of hydrogen-bond acceptors (Lipinski definition) is 2. The summed E-state index contributed by atoms with van der Waals surface area (Å²) in [5.41, 5.74) is 0. The van der Waals surface area contributed by atoms with Crippen molar-refractivity contribution in [2.75, 3.05) is 6.54 Å². The van der Waals surface area contributed by atoms with Crippen molar-refractivity contribution in [3.05, 3.63) is 23.7 Å². The van der Waals surface area contributed by atoms with Gasteiger partial charge in [-0.2, -0.15) is 0 Å². The SMILES string of the molecule is CC1CC1c1ccc(C2CCN2)o1. The lowest BCUT2D eigenvalue weighted by atomic mass is 10.1. The van der Waals surface area contributed by atoms with E-state index in [9.17, 15) is 0 Å². The number of furan rings is 1. The van der Waals surface area contributed by atoms with Crippen LogP contribution >= 0.6 is 0 Å². The first-order chi connectivity index (χ1) is 6.34. The fourth-order valence-electron chi connectivity index (χ4n) is 2.01. The van der Waals surface area contributed by atoms with Gasteiger partial charge in [0, 0.05) is 5.92 Å². The van der Waals surface area contributed by atoms with E-state index in [1.807, 2.05) is 0 Å². The predicted octanol–water partition coefficient (Wildman–Crippen LogP) is 2.44. The Bertz CT molecular complexity index is 294. The third-order valence-corrected chi connectivity index (χ3v) is 3.29. The van der Waals surface area contributed by atoms with Crippen LogP contribution < -0.4 is 5.32 Å². The number of rotatable bonds is 2. The second-order valence-electron chi connectivity index (χ2n) is 4.35. The summed E-state index contributed by atoms with van der Waals surface area (Å²) in [6.45, 7) is 3.43. The third-order valence-electron chi connectivity index (χ3n) is 3.29. The van der Waals surface area contributed by atoms with Gasteiger partial charge in [-0.15, -0.1) is 0 Å². The number of nitrogens with one attached hydrogen (secondary N) is 1. The maximum Gasteiger partial charge on any atom is 0.121 e. The van der Waals surface area contributed by atoms with E-state index in [-0.39, 0.29) is 0 Å². The van der Waals surface area contributed by atoms with E-state index in [2.05, 4.69) is 24.4 Å². The topological polar surface area (TPSA) is 25.2 Å². The largest absolute Gasteiger partial charge is 0.464 e. The molecule has 13 heavy (non-hydrogen) atoms. The first-order valence-corrected chi connectivity index (χ1v) is 5.17. The van der Waals surface area contributed by atoms with Crippen LogP contribution in [0.1, 0.15) is 43.2 Å². The summed E-state index contributed by atoms with van der Waals surface area (Å²) in [7, 11) is 0. The van der Waals surface area contributed by atoms with Gasteiger partial charge in [0.25, 0.3) is 0 Å². The summed E-state index contributed by atoms with van der Waals surface area (Å²) >= 11 is 0. The summed E-state index contributed by atoms with van der Waals surface area (Å²) < 4.78 is 5.82. The molecule has 2 heterocycles. The predicted molar refractivity (Wildman–Crippen MR) is 50.6 cm³/mol. The molecule has 1 aliphatic heterocycles. The average molecular weight is 177 g/mol. The molecule has 0 amide bonds. The summed E-state index contributed by atoms with van der Waals surface area (Å²) in [5, 5.41) is 3.35. The van der Waals surface area contributed by atoms with Crippen molar-refractivity contribution in [2.24, 2.45) is 5.92 Å². The van der Waals surface area contributed by atoms with Gasteiger partial charge in [0.05, 0.1) is 6.04 Å². The minimum absolute atomic E-state index is 0.503. The van der Waals surface area contributed by atoms with E-state index in [4.69, 9.17) is 4.42 Å². The molecule has 0 radical (unpaired) electrons. The molecule has 1 N–H and O–H groups in total. The lowest BCUT2D eigenvalue weighted by Crippen LogP contribution is -2.34. The Labute approximate surface area is 78.3 Å². The van der Waals surface area contributed by atoms with Gasteiger partial charge in [0.1, 0.15) is 11.5 Å². The highest BCUT2D eigenvalue weighted by molar-refractivity contribution is 5.20. The standard InChI is InChI=1S/C11H15NO/c1-7-6-8(7)10-2-3-11(13-10)9-4-5-12-9/h2-3,7-9,12H,4-6H2,1H3. The van der Waals surface area contributed by atoms with Crippen molar-refractivity contribution >= 4 is 0 Å². The molecule has 2 fully saturated rings. The monoisotopic (exact) mass is 177 g/mol. The smallest absolute Gasteiger partial charge is 0.121 e. The van der Waals surface area contributed by atoms with Crippen molar-refractivity contribution in [3.8, 4) is 0 Å². The molecular weight excluding hydrogens is 162 g/mol. The second-order valence-corrected chi connectivity index (χ2v) is 4.35. The molecule has 0 spiro atoms. The van der Waals surface area contributed by atoms with Crippen LogP contribution in [-0.2, 0) is 0 Å². The molecule has 1 aromatic heterocycles. The molecule has 2 nitrogen and oxygen atoms in total. The van der Waals surface area contributed by atoms with Crippen molar-refractivity contribution < 1.29 is 4.42 Å². The maximum atomic E-state index is 5.82. The molecule has 2 heteroatoms. The highest BCUT2D eigenvalue weighted by Gasteiger charge is 2.37. The molecule has 0 bridgehead atoms. The van der Waals surface area contributed by atoms with E-state index in [0.29, 0.717) is 12.0 Å². The lowest BCUT2D eigenvalue weighted by Gasteiger charge is -2.25. The highest BCUT2D eigenvalue weighted by atomic mass is 16.3. The van der Waals surface area contributed by atoms with Crippen molar-refractivity contribution in [3.63, 3.8) is 0 Å². The van der Waals surface area contributed by atoms with E-state index >= 15 is 0 Å². The summed E-state index contributed by atoms with van der Waals surface area (Å²) in [6, 6.07) is 4.79. The van der Waals surface area contributed by atoms with Gasteiger partial charge in [-0.05, 0) is 37.4 Å². The molecule has 2 aliphatic rings. The Hall–Kier alpha value is -0.760. The Kier molecular flexibility index (Phi) is 1.53. The molecule has 70 valence electrons. The highest BCUT2D eigenvalue weighted by Crippen LogP contribution is 2.47. The fraction of sp³-hybridized carbons (Fsp3) is 0.636. The van der Waals surface area contributed by atoms with Crippen LogP contribution in [-0.4, -0.2) is 6.54 Å². The molecule has 1 aliphatic carbocycles. The Morgan fingerprint density at radius 2 is 2.08 bits per heavy atom. The zero-order chi connectivity index (χ0) is 8.84. The van der Waals surface area contributed by atoms with E-state index < -0.39 is 0 Å². The summed E-state index contributed by atoms with van der Waals surface area (Å²) in [4.78, 5) is 0. The van der Waals surface area contributed by atoms with Crippen LogP contribution in [0.5, 0.6) is 0 Å². The van der Waals surface area contributed by atoms with Crippen molar-refractivity contribution in [2.45, 2.75) is 31.7 Å². The van der Waals surface area contributed by atoms with Gasteiger partial charge in [-0.25, -0.2) is 0 Å².